The van der Waals surface area contributed by atoms with Crippen molar-refractivity contribution in [1.82, 2.24) is 10.3 Å². The van der Waals surface area contributed by atoms with E-state index < -0.39 is 17.7 Å². The molecule has 0 aliphatic carbocycles. The molecule has 3 rings (SSSR count). The van der Waals surface area contributed by atoms with Gasteiger partial charge in [-0.25, -0.2) is 0 Å². The lowest BCUT2D eigenvalue weighted by Gasteiger charge is -2.19. The number of aromatic amines is 1. The first-order valence-corrected chi connectivity index (χ1v) is 9.87. The quantitative estimate of drug-likeness (QED) is 0.516. The lowest BCUT2D eigenvalue weighted by molar-refractivity contribution is -0.137. The van der Waals surface area contributed by atoms with Crippen LogP contribution in [0.25, 0.3) is 10.9 Å². The number of hydrogen-bond donors (Lipinski definition) is 2. The molecule has 154 valence electrons. The number of benzene rings is 2. The summed E-state index contributed by atoms with van der Waals surface area (Å²) in [5.41, 5.74) is 2.71. The van der Waals surface area contributed by atoms with Crippen LogP contribution in [-0.2, 0) is 17.4 Å². The molecule has 0 saturated heterocycles. The van der Waals surface area contributed by atoms with Crippen molar-refractivity contribution >= 4 is 16.8 Å². The summed E-state index contributed by atoms with van der Waals surface area (Å²) < 4.78 is 39.8. The van der Waals surface area contributed by atoms with Gasteiger partial charge in [-0.05, 0) is 35.6 Å². The Morgan fingerprint density at radius 1 is 1.14 bits per heavy atom. The lowest BCUT2D eigenvalue weighted by Crippen LogP contribution is -2.26. The number of para-hydroxylation sites is 1. The van der Waals surface area contributed by atoms with Gasteiger partial charge in [-0.3, -0.25) is 4.79 Å². The summed E-state index contributed by atoms with van der Waals surface area (Å²) in [7, 11) is 0. The molecule has 2 N–H and O–H groups in total. The molecule has 1 aromatic heterocycles. The number of amides is 1. The number of fused-ring (bicyclic) bond motifs is 1. The van der Waals surface area contributed by atoms with Crippen LogP contribution in [0.4, 0.5) is 13.2 Å². The summed E-state index contributed by atoms with van der Waals surface area (Å²) in [6, 6.07) is 11.2. The fraction of sp³-hybridized carbons (Fsp3) is 0.348. The average molecular weight is 402 g/mol. The molecule has 0 fully saturated rings. The summed E-state index contributed by atoms with van der Waals surface area (Å²) in [5.74, 6) is -0.648. The summed E-state index contributed by atoms with van der Waals surface area (Å²) in [6.07, 6.45) is -0.886. The standard InChI is InChI=1S/C23H25F3N2O/c1-3-11-27-21(29)13-19(16-8-5-9-17(12-16)23(24,25)26)20-14-28-22-15(4-2)7-6-10-18(20)22/h5-10,12,14,19,28H,3-4,11,13H2,1-2H3,(H,27,29)/t19-/m0/s1. The predicted molar refractivity (Wildman–Crippen MR) is 109 cm³/mol. The van der Waals surface area contributed by atoms with E-state index in [0.717, 1.165) is 47.0 Å². The van der Waals surface area contributed by atoms with E-state index in [2.05, 4.69) is 17.2 Å². The van der Waals surface area contributed by atoms with Crippen molar-refractivity contribution < 1.29 is 18.0 Å². The molecule has 3 nitrogen and oxygen atoms in total. The van der Waals surface area contributed by atoms with Gasteiger partial charge in [0.1, 0.15) is 0 Å². The molecular weight excluding hydrogens is 377 g/mol. The Balaban J connectivity index is 2.08. The number of rotatable bonds is 7. The third-order valence-electron chi connectivity index (χ3n) is 5.17. The van der Waals surface area contributed by atoms with Crippen LogP contribution in [0.1, 0.15) is 54.9 Å². The van der Waals surface area contributed by atoms with Gasteiger partial charge in [0, 0.05) is 36.0 Å². The zero-order valence-corrected chi connectivity index (χ0v) is 16.6. The molecule has 0 saturated carbocycles. The Kier molecular flexibility index (Phi) is 6.30. The number of carbonyl (C=O) groups excluding carboxylic acids is 1. The molecule has 0 unspecified atom stereocenters. The van der Waals surface area contributed by atoms with Gasteiger partial charge in [0.05, 0.1) is 5.56 Å². The topological polar surface area (TPSA) is 44.9 Å². The zero-order chi connectivity index (χ0) is 21.0. The Labute approximate surface area is 168 Å². The second kappa shape index (κ2) is 8.72. The van der Waals surface area contributed by atoms with Gasteiger partial charge in [-0.2, -0.15) is 13.2 Å². The fourth-order valence-electron chi connectivity index (χ4n) is 3.68. The normalized spacial score (nSPS) is 12.9. The summed E-state index contributed by atoms with van der Waals surface area (Å²) in [5, 5.41) is 3.78. The second-order valence-electron chi connectivity index (χ2n) is 7.17. The number of H-pyrrole nitrogens is 1. The predicted octanol–water partition coefficient (Wildman–Crippen LogP) is 5.80. The molecule has 29 heavy (non-hydrogen) atoms. The third-order valence-corrected chi connectivity index (χ3v) is 5.17. The SMILES string of the molecule is CCCNC(=O)C[C@@H](c1cccc(C(F)(F)F)c1)c1c[nH]c2c(CC)cccc12. The highest BCUT2D eigenvalue weighted by molar-refractivity contribution is 5.88. The highest BCUT2D eigenvalue weighted by Crippen LogP contribution is 2.37. The largest absolute Gasteiger partial charge is 0.416 e. The van der Waals surface area contributed by atoms with E-state index in [1.54, 1.807) is 6.07 Å². The molecular formula is C23H25F3N2O. The van der Waals surface area contributed by atoms with E-state index in [-0.39, 0.29) is 12.3 Å². The first kappa shape index (κ1) is 21.0. The van der Waals surface area contributed by atoms with Crippen LogP contribution < -0.4 is 5.32 Å². The van der Waals surface area contributed by atoms with Crippen molar-refractivity contribution in [3.63, 3.8) is 0 Å². The lowest BCUT2D eigenvalue weighted by atomic mass is 9.86. The molecule has 6 heteroatoms. The van der Waals surface area contributed by atoms with E-state index in [9.17, 15) is 18.0 Å². The minimum absolute atomic E-state index is 0.0879. The van der Waals surface area contributed by atoms with E-state index in [0.29, 0.717) is 12.1 Å². The van der Waals surface area contributed by atoms with E-state index in [1.165, 1.54) is 6.07 Å². The minimum atomic E-state index is -4.43. The van der Waals surface area contributed by atoms with E-state index in [1.807, 2.05) is 31.3 Å². The Morgan fingerprint density at radius 3 is 2.59 bits per heavy atom. The molecule has 0 radical (unpaired) electrons. The summed E-state index contributed by atoms with van der Waals surface area (Å²) in [4.78, 5) is 15.7. The van der Waals surface area contributed by atoms with Crippen molar-refractivity contribution in [1.29, 1.82) is 0 Å². The number of halogens is 3. The Bertz CT molecular complexity index is 991. The number of carbonyl (C=O) groups is 1. The van der Waals surface area contributed by atoms with Gasteiger partial charge >= 0.3 is 6.18 Å². The summed E-state index contributed by atoms with van der Waals surface area (Å²) >= 11 is 0. The van der Waals surface area contributed by atoms with Gasteiger partial charge in [0.15, 0.2) is 0 Å². The second-order valence-corrected chi connectivity index (χ2v) is 7.17. The fourth-order valence-corrected chi connectivity index (χ4v) is 3.68. The van der Waals surface area contributed by atoms with E-state index >= 15 is 0 Å². The maximum atomic E-state index is 13.3. The van der Waals surface area contributed by atoms with Gasteiger partial charge in [0.2, 0.25) is 5.91 Å². The first-order chi connectivity index (χ1) is 13.8. The molecule has 0 aliphatic rings. The highest BCUT2D eigenvalue weighted by atomic mass is 19.4. The number of aryl methyl sites for hydroxylation is 1. The smallest absolute Gasteiger partial charge is 0.361 e. The van der Waals surface area contributed by atoms with Gasteiger partial charge < -0.3 is 10.3 Å². The van der Waals surface area contributed by atoms with E-state index in [4.69, 9.17) is 0 Å². The monoisotopic (exact) mass is 402 g/mol. The molecule has 0 spiro atoms. The Morgan fingerprint density at radius 2 is 1.90 bits per heavy atom. The average Bonchev–Trinajstić information content (AvgIpc) is 3.14. The molecule has 1 heterocycles. The zero-order valence-electron chi connectivity index (χ0n) is 16.6. The number of aromatic nitrogens is 1. The van der Waals surface area contributed by atoms with Crippen LogP contribution in [-0.4, -0.2) is 17.4 Å². The molecule has 3 aromatic rings. The number of alkyl halides is 3. The van der Waals surface area contributed by atoms with Crippen molar-refractivity contribution in [2.45, 2.75) is 45.2 Å². The van der Waals surface area contributed by atoms with Crippen molar-refractivity contribution in [3.05, 3.63) is 70.9 Å². The molecule has 1 atom stereocenters. The number of nitrogens with one attached hydrogen (secondary N) is 2. The summed E-state index contributed by atoms with van der Waals surface area (Å²) in [6.45, 7) is 4.55. The van der Waals surface area contributed by atoms with Crippen LogP contribution >= 0.6 is 0 Å². The van der Waals surface area contributed by atoms with Crippen molar-refractivity contribution in [2.75, 3.05) is 6.54 Å². The molecule has 0 bridgehead atoms. The Hall–Kier alpha value is -2.76. The molecule has 2 aromatic carbocycles. The maximum absolute atomic E-state index is 13.3. The minimum Gasteiger partial charge on any atom is -0.361 e. The van der Waals surface area contributed by atoms with Crippen LogP contribution in [0.5, 0.6) is 0 Å². The van der Waals surface area contributed by atoms with Crippen LogP contribution in [0.2, 0.25) is 0 Å². The highest BCUT2D eigenvalue weighted by Gasteiger charge is 2.31. The third kappa shape index (κ3) is 4.63. The molecule has 1 amide bonds. The van der Waals surface area contributed by atoms with Crippen LogP contribution in [0.3, 0.4) is 0 Å². The first-order valence-electron chi connectivity index (χ1n) is 9.87. The van der Waals surface area contributed by atoms with Gasteiger partial charge in [-0.15, -0.1) is 0 Å². The number of hydrogen-bond acceptors (Lipinski definition) is 1. The van der Waals surface area contributed by atoms with Crippen LogP contribution in [0, 0.1) is 0 Å². The molecule has 0 aliphatic heterocycles. The van der Waals surface area contributed by atoms with Crippen molar-refractivity contribution in [3.8, 4) is 0 Å². The van der Waals surface area contributed by atoms with Gasteiger partial charge in [-0.1, -0.05) is 50.2 Å². The maximum Gasteiger partial charge on any atom is 0.416 e. The van der Waals surface area contributed by atoms with Crippen LogP contribution in [0.15, 0.2) is 48.7 Å². The van der Waals surface area contributed by atoms with Gasteiger partial charge in [0.25, 0.3) is 0 Å². The van der Waals surface area contributed by atoms with Crippen molar-refractivity contribution in [2.24, 2.45) is 0 Å².